The van der Waals surface area contributed by atoms with Gasteiger partial charge in [0.05, 0.1) is 6.33 Å². The zero-order valence-electron chi connectivity index (χ0n) is 8.29. The van der Waals surface area contributed by atoms with Gasteiger partial charge in [-0.25, -0.2) is 9.78 Å². The van der Waals surface area contributed by atoms with Gasteiger partial charge in [0.2, 0.25) is 0 Å². The minimum Gasteiger partial charge on any atom is -0.478 e. The number of carbonyl (C=O) groups is 1. The van der Waals surface area contributed by atoms with Crippen molar-refractivity contribution in [2.24, 2.45) is 7.05 Å². The number of rotatable bonds is 2. The maximum atomic E-state index is 9.75. The summed E-state index contributed by atoms with van der Waals surface area (Å²) in [4.78, 5) is 13.5. The molecule has 0 aliphatic rings. The van der Waals surface area contributed by atoms with E-state index in [1.807, 2.05) is 24.7 Å². The summed E-state index contributed by atoms with van der Waals surface area (Å²) in [6.45, 7) is 1.83. The predicted octanol–water partition coefficient (Wildman–Crippen LogP) is 1.62. The number of aliphatic carboxylic acids is 1. The van der Waals surface area contributed by atoms with Crippen molar-refractivity contribution in [2.75, 3.05) is 0 Å². The van der Waals surface area contributed by atoms with Gasteiger partial charge in [-0.3, -0.25) is 0 Å². The van der Waals surface area contributed by atoms with Crippen LogP contribution in [0.3, 0.4) is 0 Å². The van der Waals surface area contributed by atoms with Crippen molar-refractivity contribution in [1.29, 1.82) is 0 Å². The van der Waals surface area contributed by atoms with E-state index in [4.69, 9.17) is 5.11 Å². The van der Waals surface area contributed by atoms with Crippen molar-refractivity contribution in [3.8, 4) is 0 Å². The first-order valence-corrected chi connectivity index (χ1v) is 4.11. The van der Waals surface area contributed by atoms with Crippen LogP contribution in [-0.2, 0) is 11.8 Å². The highest BCUT2D eigenvalue weighted by atomic mass is 16.4. The molecule has 0 amide bonds. The molecule has 1 aromatic heterocycles. The van der Waals surface area contributed by atoms with Crippen LogP contribution < -0.4 is 0 Å². The third kappa shape index (κ3) is 8.26. The minimum absolute atomic E-state index is 0.914. The van der Waals surface area contributed by atoms with Gasteiger partial charge in [0, 0.05) is 25.5 Å². The van der Waals surface area contributed by atoms with E-state index in [2.05, 4.69) is 4.98 Å². The Balaban J connectivity index is 0.000000249. The van der Waals surface area contributed by atoms with Crippen molar-refractivity contribution >= 4 is 5.97 Å². The van der Waals surface area contributed by atoms with E-state index in [-0.39, 0.29) is 0 Å². The number of aryl methyl sites for hydroxylation is 1. The van der Waals surface area contributed by atoms with E-state index in [0.717, 1.165) is 6.08 Å². The summed E-state index contributed by atoms with van der Waals surface area (Å²) in [7, 11) is 1.94. The summed E-state index contributed by atoms with van der Waals surface area (Å²) >= 11 is 0. The minimum atomic E-state index is -0.914. The molecule has 0 bridgehead atoms. The number of carboxylic acid groups (broad SMARTS) is 1. The number of hydrogen-bond acceptors (Lipinski definition) is 2. The van der Waals surface area contributed by atoms with Crippen molar-refractivity contribution < 1.29 is 9.90 Å². The lowest BCUT2D eigenvalue weighted by Gasteiger charge is -1.76. The van der Waals surface area contributed by atoms with Crippen LogP contribution in [0.2, 0.25) is 0 Å². The molecule has 76 valence electrons. The summed E-state index contributed by atoms with van der Waals surface area (Å²) in [6.07, 6.45) is 11.4. The summed E-state index contributed by atoms with van der Waals surface area (Å²) in [5.74, 6) is -0.914. The molecule has 1 rings (SSSR count). The Labute approximate surface area is 83.2 Å². The van der Waals surface area contributed by atoms with Gasteiger partial charge < -0.3 is 9.67 Å². The zero-order chi connectivity index (χ0) is 10.8. The monoisotopic (exact) mass is 194 g/mol. The smallest absolute Gasteiger partial charge is 0.328 e. The number of allylic oxidation sites excluding steroid dienone is 3. The SMILES string of the molecule is C/C=C/C=C/C(=O)O.Cn1ccnc1. The van der Waals surface area contributed by atoms with Gasteiger partial charge in [0.25, 0.3) is 0 Å². The normalized spacial score (nSPS) is 10.1. The van der Waals surface area contributed by atoms with Crippen molar-refractivity contribution in [1.82, 2.24) is 9.55 Å². The lowest BCUT2D eigenvalue weighted by molar-refractivity contribution is -0.131. The molecule has 0 atom stereocenters. The highest BCUT2D eigenvalue weighted by Crippen LogP contribution is 1.74. The highest BCUT2D eigenvalue weighted by Gasteiger charge is 1.78. The second kappa shape index (κ2) is 7.79. The average Bonchev–Trinajstić information content (AvgIpc) is 2.57. The Morgan fingerprint density at radius 1 is 1.50 bits per heavy atom. The predicted molar refractivity (Wildman–Crippen MR) is 54.8 cm³/mol. The molecule has 4 heteroatoms. The molecular formula is C10H14N2O2. The molecule has 0 spiro atoms. The summed E-state index contributed by atoms with van der Waals surface area (Å²) in [6, 6.07) is 0. The fourth-order valence-electron chi connectivity index (χ4n) is 0.575. The van der Waals surface area contributed by atoms with Gasteiger partial charge in [-0.1, -0.05) is 18.2 Å². The van der Waals surface area contributed by atoms with Gasteiger partial charge in [0.1, 0.15) is 0 Å². The molecule has 0 saturated carbocycles. The number of hydrogen-bond donors (Lipinski definition) is 1. The number of carboxylic acids is 1. The molecule has 0 radical (unpaired) electrons. The van der Waals surface area contributed by atoms with Crippen LogP contribution in [0.1, 0.15) is 6.92 Å². The van der Waals surface area contributed by atoms with Crippen LogP contribution in [0, 0.1) is 0 Å². The van der Waals surface area contributed by atoms with Crippen molar-refractivity contribution in [3.05, 3.63) is 43.0 Å². The standard InChI is InChI=1S/C6H8O2.C4H6N2/c1-2-3-4-5-6(7)8;1-6-3-2-5-4-6/h2-5H,1H3,(H,7,8);2-4H,1H3/b3-2+,5-4+;. The first-order valence-electron chi connectivity index (χ1n) is 4.11. The summed E-state index contributed by atoms with van der Waals surface area (Å²) in [5.41, 5.74) is 0. The summed E-state index contributed by atoms with van der Waals surface area (Å²) in [5, 5.41) is 8.02. The second-order valence-corrected chi connectivity index (χ2v) is 2.45. The number of aromatic nitrogens is 2. The molecule has 0 fully saturated rings. The first-order chi connectivity index (χ1) is 6.66. The molecule has 1 aromatic rings. The first kappa shape index (κ1) is 12.2. The van der Waals surface area contributed by atoms with E-state index in [1.54, 1.807) is 24.7 Å². The van der Waals surface area contributed by atoms with Gasteiger partial charge in [-0.2, -0.15) is 0 Å². The van der Waals surface area contributed by atoms with Crippen molar-refractivity contribution in [2.45, 2.75) is 6.92 Å². The molecular weight excluding hydrogens is 180 g/mol. The van der Waals surface area contributed by atoms with E-state index in [1.165, 1.54) is 6.08 Å². The third-order valence-corrected chi connectivity index (χ3v) is 1.18. The Bertz CT molecular complexity index is 300. The largest absolute Gasteiger partial charge is 0.478 e. The molecule has 0 saturated heterocycles. The number of nitrogens with zero attached hydrogens (tertiary/aromatic N) is 2. The fourth-order valence-corrected chi connectivity index (χ4v) is 0.575. The Morgan fingerprint density at radius 2 is 2.21 bits per heavy atom. The van der Waals surface area contributed by atoms with Crippen LogP contribution in [0.4, 0.5) is 0 Å². The Kier molecular flexibility index (Phi) is 6.77. The van der Waals surface area contributed by atoms with Gasteiger partial charge in [0.15, 0.2) is 0 Å². The van der Waals surface area contributed by atoms with E-state index in [9.17, 15) is 4.79 Å². The molecule has 4 nitrogen and oxygen atoms in total. The molecule has 14 heavy (non-hydrogen) atoms. The average molecular weight is 194 g/mol. The van der Waals surface area contributed by atoms with Gasteiger partial charge in [-0.15, -0.1) is 0 Å². The van der Waals surface area contributed by atoms with Crippen molar-refractivity contribution in [3.63, 3.8) is 0 Å². The molecule has 0 aromatic carbocycles. The Hall–Kier alpha value is -1.84. The Morgan fingerprint density at radius 3 is 2.50 bits per heavy atom. The maximum Gasteiger partial charge on any atom is 0.328 e. The van der Waals surface area contributed by atoms with Crippen LogP contribution in [0.25, 0.3) is 0 Å². The van der Waals surface area contributed by atoms with Gasteiger partial charge in [-0.05, 0) is 6.92 Å². The van der Waals surface area contributed by atoms with E-state index in [0.29, 0.717) is 0 Å². The molecule has 1 N–H and O–H groups in total. The molecule has 0 unspecified atom stereocenters. The number of imidazole rings is 1. The molecule has 0 aliphatic heterocycles. The molecule has 0 aliphatic carbocycles. The van der Waals surface area contributed by atoms with E-state index >= 15 is 0 Å². The van der Waals surface area contributed by atoms with Gasteiger partial charge >= 0.3 is 5.97 Å². The maximum absolute atomic E-state index is 9.75. The lowest BCUT2D eigenvalue weighted by Crippen LogP contribution is -1.83. The zero-order valence-corrected chi connectivity index (χ0v) is 8.29. The summed E-state index contributed by atoms with van der Waals surface area (Å²) < 4.78 is 1.89. The molecule has 1 heterocycles. The lowest BCUT2D eigenvalue weighted by atomic mass is 10.4. The van der Waals surface area contributed by atoms with E-state index < -0.39 is 5.97 Å². The van der Waals surface area contributed by atoms with Crippen LogP contribution in [0.15, 0.2) is 43.0 Å². The third-order valence-electron chi connectivity index (χ3n) is 1.18. The fraction of sp³-hybridized carbons (Fsp3) is 0.200. The van der Waals surface area contributed by atoms with Crippen LogP contribution in [-0.4, -0.2) is 20.6 Å². The second-order valence-electron chi connectivity index (χ2n) is 2.45. The quantitative estimate of drug-likeness (QED) is 0.575. The van der Waals surface area contributed by atoms with Crippen LogP contribution in [0.5, 0.6) is 0 Å². The highest BCUT2D eigenvalue weighted by molar-refractivity contribution is 5.80. The topological polar surface area (TPSA) is 55.1 Å². The van der Waals surface area contributed by atoms with Crippen LogP contribution >= 0.6 is 0 Å².